The first-order chi connectivity index (χ1) is 20.9. The van der Waals surface area contributed by atoms with Gasteiger partial charge in [-0.25, -0.2) is 21.4 Å². The van der Waals surface area contributed by atoms with Crippen molar-refractivity contribution in [1.29, 1.82) is 0 Å². The molecule has 238 valence electrons. The van der Waals surface area contributed by atoms with E-state index in [1.54, 1.807) is 0 Å². The highest BCUT2D eigenvalue weighted by Crippen LogP contribution is 2.44. The molecule has 0 bridgehead atoms. The number of benzene rings is 3. The van der Waals surface area contributed by atoms with Crippen LogP contribution in [-0.4, -0.2) is 88.4 Å². The largest absolute Gasteiger partial charge is 0.744 e. The number of aliphatic hydroxyl groups is 2. The van der Waals surface area contributed by atoms with Gasteiger partial charge in [0.2, 0.25) is 15.4 Å². The minimum absolute atomic E-state index is 0.148. The maximum absolute atomic E-state index is 14.1. The lowest BCUT2D eigenvalue weighted by Crippen LogP contribution is -2.36. The summed E-state index contributed by atoms with van der Waals surface area (Å²) in [6, 6.07) is 14.6. The highest BCUT2D eigenvalue weighted by atomic mass is 32.2. The van der Waals surface area contributed by atoms with Gasteiger partial charge >= 0.3 is 0 Å². The fraction of sp³-hybridized carbons (Fsp3) is 0.387. The smallest absolute Gasteiger partial charge is 0.243 e. The molecule has 44 heavy (non-hydrogen) atoms. The Kier molecular flexibility index (Phi) is 10.5. The van der Waals surface area contributed by atoms with Crippen LogP contribution in [0.25, 0.3) is 33.4 Å². The molecule has 0 radical (unpaired) electrons. The van der Waals surface area contributed by atoms with Crippen molar-refractivity contribution in [3.63, 3.8) is 0 Å². The minimum atomic E-state index is -5.02. The van der Waals surface area contributed by atoms with Crippen LogP contribution < -0.4 is 14.8 Å². The van der Waals surface area contributed by atoms with Crippen LogP contribution in [0.3, 0.4) is 0 Å². The summed E-state index contributed by atoms with van der Waals surface area (Å²) in [7, 11) is -9.54. The second-order valence-electron chi connectivity index (χ2n) is 10.1. The molecule has 0 spiro atoms. The van der Waals surface area contributed by atoms with Gasteiger partial charge in [-0.15, -0.1) is 0 Å². The monoisotopic (exact) mass is 645 g/mol. The molecule has 0 unspecified atom stereocenters. The molecule has 13 heteroatoms. The third kappa shape index (κ3) is 6.53. The van der Waals surface area contributed by atoms with Gasteiger partial charge in [-0.3, -0.25) is 0 Å². The fourth-order valence-corrected chi connectivity index (χ4v) is 7.74. The first-order valence-corrected chi connectivity index (χ1v) is 17.5. The van der Waals surface area contributed by atoms with Crippen LogP contribution in [-0.2, 0) is 20.1 Å². The molecular formula is C31H39N3O8S2. The summed E-state index contributed by atoms with van der Waals surface area (Å²) in [6.07, 6.45) is 0. The van der Waals surface area contributed by atoms with Crippen molar-refractivity contribution >= 4 is 36.8 Å². The van der Waals surface area contributed by atoms with E-state index in [1.165, 1.54) is 6.07 Å². The van der Waals surface area contributed by atoms with Crippen molar-refractivity contribution in [2.45, 2.75) is 37.5 Å². The summed E-state index contributed by atoms with van der Waals surface area (Å²) in [6.45, 7) is 9.44. The zero-order chi connectivity index (χ0) is 32.2. The maximum atomic E-state index is 14.1. The Bertz CT molecular complexity index is 1890. The van der Waals surface area contributed by atoms with E-state index in [0.717, 1.165) is 53.7 Å². The second kappa shape index (κ2) is 13.8. The van der Waals surface area contributed by atoms with Crippen LogP contribution >= 0.6 is 0 Å². The summed E-state index contributed by atoms with van der Waals surface area (Å²) in [5.74, 6) is 0.486. The van der Waals surface area contributed by atoms with Gasteiger partial charge in [0.1, 0.15) is 34.6 Å². The molecule has 0 fully saturated rings. The zero-order valence-corrected chi connectivity index (χ0v) is 27.0. The van der Waals surface area contributed by atoms with Gasteiger partial charge < -0.3 is 24.1 Å². The molecule has 11 nitrogen and oxygen atoms in total. The number of fused-ring (bicyclic) bond motifs is 2. The number of hydrogen-bond donors (Lipinski definition) is 2. The molecule has 2 N–H and O–H groups in total. The second-order valence-corrected chi connectivity index (χ2v) is 13.4. The number of anilines is 1. The standard InChI is InChI=1S/C31H39N3O8S2/c1-5-32(6-2)22-9-12-25-28(19-22)42-29-20-23(33(7-3)8-4)10-13-26(29)31(25)27-14-11-24(44(39,40)41)21-30(27)43(37,38)34(15-17-35)16-18-36/h9-14,19-21,35-36H,5-8,15-18H2,1-4H3. The summed E-state index contributed by atoms with van der Waals surface area (Å²) in [5, 5.41) is 20.7. The van der Waals surface area contributed by atoms with Crippen molar-refractivity contribution in [1.82, 2.24) is 8.88 Å². The predicted molar refractivity (Wildman–Crippen MR) is 169 cm³/mol. The van der Waals surface area contributed by atoms with E-state index in [9.17, 15) is 31.6 Å². The van der Waals surface area contributed by atoms with E-state index < -0.39 is 43.1 Å². The van der Waals surface area contributed by atoms with Crippen LogP contribution in [0.4, 0.5) is 5.69 Å². The zero-order valence-electron chi connectivity index (χ0n) is 25.4. The molecule has 0 aromatic heterocycles. The molecule has 0 amide bonds. The van der Waals surface area contributed by atoms with E-state index in [-0.39, 0.29) is 18.7 Å². The van der Waals surface area contributed by atoms with Gasteiger partial charge in [0, 0.05) is 66.1 Å². The summed E-state index contributed by atoms with van der Waals surface area (Å²) in [4.78, 5) is 0.997. The van der Waals surface area contributed by atoms with E-state index >= 15 is 0 Å². The normalized spacial score (nSPS) is 12.4. The Hall–Kier alpha value is -3.33. The third-order valence-electron chi connectivity index (χ3n) is 7.77. The van der Waals surface area contributed by atoms with Gasteiger partial charge in [-0.05, 0) is 58.0 Å². The predicted octanol–water partition coefficient (Wildman–Crippen LogP) is 2.74. The molecule has 1 heterocycles. The van der Waals surface area contributed by atoms with Gasteiger partial charge in [0.15, 0.2) is 0 Å². The molecule has 2 aliphatic rings. The molecule has 2 aromatic rings. The molecule has 0 saturated carbocycles. The summed E-state index contributed by atoms with van der Waals surface area (Å²) < 4.78 is 73.8. The molecule has 2 aromatic carbocycles. The fourth-order valence-electron chi connectivity index (χ4n) is 5.52. The van der Waals surface area contributed by atoms with E-state index in [4.69, 9.17) is 4.42 Å². The van der Waals surface area contributed by atoms with Crippen LogP contribution in [0, 0.1) is 0 Å². The minimum Gasteiger partial charge on any atom is -0.744 e. The molecule has 4 rings (SSSR count). The van der Waals surface area contributed by atoms with Crippen molar-refractivity contribution in [3.05, 3.63) is 60.0 Å². The lowest BCUT2D eigenvalue weighted by molar-refractivity contribution is 0.217. The molecule has 1 aliphatic heterocycles. The summed E-state index contributed by atoms with van der Waals surface area (Å²) >= 11 is 0. The highest BCUT2D eigenvalue weighted by molar-refractivity contribution is 7.89. The van der Waals surface area contributed by atoms with Crippen LogP contribution in [0.5, 0.6) is 0 Å². The van der Waals surface area contributed by atoms with Crippen molar-refractivity contribution < 1.29 is 36.0 Å². The SMILES string of the molecule is CCN(CC)c1ccc2c(-c3ccc(S(=O)(=O)[O-])cc3S(=O)(=O)N(CCO)CCO)c3ccc(=[N+](CC)CC)cc-3oc2c1. The Labute approximate surface area is 258 Å². The number of hydrogen-bond acceptors (Lipinski definition) is 9. The van der Waals surface area contributed by atoms with Gasteiger partial charge in [-0.2, -0.15) is 4.31 Å². The van der Waals surface area contributed by atoms with Crippen LogP contribution in [0.2, 0.25) is 0 Å². The van der Waals surface area contributed by atoms with Crippen molar-refractivity contribution in [3.8, 4) is 22.5 Å². The molecule has 0 atom stereocenters. The molecule has 0 saturated heterocycles. The Morgan fingerprint density at radius 2 is 1.45 bits per heavy atom. The van der Waals surface area contributed by atoms with Gasteiger partial charge in [0.05, 0.1) is 29.1 Å². The number of aliphatic hydroxyl groups excluding tert-OH is 2. The van der Waals surface area contributed by atoms with Gasteiger partial charge in [-0.1, -0.05) is 6.07 Å². The van der Waals surface area contributed by atoms with E-state index in [1.807, 2.05) is 64.1 Å². The van der Waals surface area contributed by atoms with Crippen LogP contribution in [0.1, 0.15) is 27.7 Å². The van der Waals surface area contributed by atoms with Crippen molar-refractivity contribution in [2.75, 3.05) is 57.4 Å². The average molecular weight is 646 g/mol. The van der Waals surface area contributed by atoms with Gasteiger partial charge in [0.25, 0.3) is 0 Å². The topological polar surface area (TPSA) is 154 Å². The Morgan fingerprint density at radius 3 is 2.02 bits per heavy atom. The lowest BCUT2D eigenvalue weighted by Gasteiger charge is -2.25. The van der Waals surface area contributed by atoms with Crippen molar-refractivity contribution in [2.24, 2.45) is 0 Å². The maximum Gasteiger partial charge on any atom is 0.243 e. The third-order valence-corrected chi connectivity index (χ3v) is 10.5. The Morgan fingerprint density at radius 1 is 0.818 bits per heavy atom. The number of nitrogens with zero attached hydrogens (tertiary/aromatic N) is 3. The molecular weight excluding hydrogens is 606 g/mol. The first-order valence-electron chi connectivity index (χ1n) is 14.6. The number of rotatable bonds is 13. The Balaban J connectivity index is 2.20. The van der Waals surface area contributed by atoms with Crippen LogP contribution in [0.15, 0.2) is 68.8 Å². The highest BCUT2D eigenvalue weighted by Gasteiger charge is 2.30. The number of sulfonamides is 1. The molecule has 1 aliphatic carbocycles. The van der Waals surface area contributed by atoms with E-state index in [2.05, 4.69) is 9.48 Å². The quantitative estimate of drug-likeness (QED) is 0.127. The first kappa shape index (κ1) is 33.6. The summed E-state index contributed by atoms with van der Waals surface area (Å²) in [5.41, 5.74) is 2.60. The van der Waals surface area contributed by atoms with E-state index in [0.29, 0.717) is 27.9 Å². The average Bonchev–Trinajstić information content (AvgIpc) is 3.00. The lowest BCUT2D eigenvalue weighted by atomic mass is 9.93.